The minimum atomic E-state index is -3.23. The number of hydrogen-bond donors (Lipinski definition) is 0. The molecule has 0 aliphatic carbocycles. The molecule has 2 heterocycles. The van der Waals surface area contributed by atoms with E-state index < -0.39 is 9.84 Å². The Morgan fingerprint density at radius 1 is 1.59 bits per heavy atom. The Labute approximate surface area is 107 Å². The molecule has 0 amide bonds. The van der Waals surface area contributed by atoms with Crippen LogP contribution in [0.25, 0.3) is 0 Å². The van der Waals surface area contributed by atoms with Gasteiger partial charge in [-0.25, -0.2) is 13.4 Å². The van der Waals surface area contributed by atoms with Crippen molar-refractivity contribution < 1.29 is 8.42 Å². The molecule has 0 aromatic carbocycles. The van der Waals surface area contributed by atoms with Gasteiger partial charge in [0.1, 0.15) is 10.7 Å². The summed E-state index contributed by atoms with van der Waals surface area (Å²) >= 11 is 5.82. The molecule has 2 rings (SSSR count). The molecule has 1 fully saturated rings. The number of nitrogens with zero attached hydrogens (tertiary/aromatic N) is 2. The van der Waals surface area contributed by atoms with Crippen molar-refractivity contribution >= 4 is 27.3 Å². The summed E-state index contributed by atoms with van der Waals surface area (Å²) in [6, 6.07) is 3.25. The zero-order valence-electron chi connectivity index (χ0n) is 9.63. The van der Waals surface area contributed by atoms with Crippen molar-refractivity contribution in [3.05, 3.63) is 18.3 Å². The minimum Gasteiger partial charge on any atom is -0.355 e. The van der Waals surface area contributed by atoms with Gasteiger partial charge in [-0.3, -0.25) is 0 Å². The zero-order chi connectivity index (χ0) is 12.5. The maximum Gasteiger partial charge on any atom is 0.179 e. The number of sulfone groups is 1. The van der Waals surface area contributed by atoms with E-state index in [1.54, 1.807) is 18.3 Å². The van der Waals surface area contributed by atoms with Gasteiger partial charge in [0.15, 0.2) is 9.84 Å². The van der Waals surface area contributed by atoms with E-state index >= 15 is 0 Å². The number of alkyl halides is 1. The van der Waals surface area contributed by atoms with Crippen molar-refractivity contribution in [2.24, 2.45) is 5.92 Å². The first kappa shape index (κ1) is 12.6. The summed E-state index contributed by atoms with van der Waals surface area (Å²) in [5, 5.41) is 0. The first-order valence-corrected chi connectivity index (χ1v) is 7.91. The molecule has 1 atom stereocenters. The fourth-order valence-electron chi connectivity index (χ4n) is 2.06. The van der Waals surface area contributed by atoms with Crippen LogP contribution < -0.4 is 4.90 Å². The molecule has 0 spiro atoms. The molecule has 6 heteroatoms. The molecule has 0 bridgehead atoms. The number of aromatic nitrogens is 1. The highest BCUT2D eigenvalue weighted by Crippen LogP contribution is 2.28. The van der Waals surface area contributed by atoms with Gasteiger partial charge in [-0.15, -0.1) is 11.6 Å². The molecule has 1 aliphatic heterocycles. The van der Waals surface area contributed by atoms with Crippen LogP contribution in [-0.2, 0) is 9.84 Å². The number of pyridine rings is 1. The highest BCUT2D eigenvalue weighted by molar-refractivity contribution is 7.90. The van der Waals surface area contributed by atoms with Crippen LogP contribution >= 0.6 is 11.6 Å². The maximum absolute atomic E-state index is 11.7. The van der Waals surface area contributed by atoms with Gasteiger partial charge in [-0.05, 0) is 24.5 Å². The fourth-order valence-corrected chi connectivity index (χ4v) is 3.15. The summed E-state index contributed by atoms with van der Waals surface area (Å²) in [4.78, 5) is 6.50. The predicted octanol–water partition coefficient (Wildman–Crippen LogP) is 1.55. The van der Waals surface area contributed by atoms with E-state index in [1.165, 1.54) is 6.26 Å². The van der Waals surface area contributed by atoms with E-state index in [0.717, 1.165) is 19.5 Å². The molecule has 1 saturated heterocycles. The van der Waals surface area contributed by atoms with Crippen LogP contribution in [0.5, 0.6) is 0 Å². The topological polar surface area (TPSA) is 50.3 Å². The average molecular weight is 275 g/mol. The number of anilines is 1. The fraction of sp³-hybridized carbons (Fsp3) is 0.545. The maximum atomic E-state index is 11.7. The number of rotatable bonds is 3. The molecule has 0 saturated carbocycles. The van der Waals surface area contributed by atoms with Crippen LogP contribution in [0.3, 0.4) is 0 Å². The van der Waals surface area contributed by atoms with E-state index in [4.69, 9.17) is 11.6 Å². The third-order valence-corrected chi connectivity index (χ3v) is 4.51. The lowest BCUT2D eigenvalue weighted by molar-refractivity contribution is 0.601. The van der Waals surface area contributed by atoms with E-state index in [2.05, 4.69) is 4.98 Å². The first-order valence-electron chi connectivity index (χ1n) is 5.48. The summed E-state index contributed by atoms with van der Waals surface area (Å²) in [6.45, 7) is 1.60. The summed E-state index contributed by atoms with van der Waals surface area (Å²) in [7, 11) is -3.23. The lowest BCUT2D eigenvalue weighted by atomic mass is 10.2. The van der Waals surface area contributed by atoms with Gasteiger partial charge in [0.05, 0.1) is 0 Å². The van der Waals surface area contributed by atoms with Crippen LogP contribution in [0.1, 0.15) is 6.42 Å². The molecular formula is C11H15ClN2O2S. The molecule has 4 nitrogen and oxygen atoms in total. The van der Waals surface area contributed by atoms with Gasteiger partial charge in [-0.1, -0.05) is 0 Å². The SMILES string of the molecule is CS(=O)(=O)c1cccnc1N1CCC(CCl)C1. The second-order valence-electron chi connectivity index (χ2n) is 4.35. The normalized spacial score (nSPS) is 20.8. The Morgan fingerprint density at radius 3 is 2.94 bits per heavy atom. The summed E-state index contributed by atoms with van der Waals surface area (Å²) in [6.07, 6.45) is 3.82. The molecule has 1 aromatic heterocycles. The van der Waals surface area contributed by atoms with E-state index in [9.17, 15) is 8.42 Å². The van der Waals surface area contributed by atoms with Crippen LogP contribution in [0.15, 0.2) is 23.2 Å². The molecule has 1 unspecified atom stereocenters. The standard InChI is InChI=1S/C11H15ClN2O2S/c1-17(15,16)10-3-2-5-13-11(10)14-6-4-9(7-12)8-14/h2-3,5,9H,4,6-8H2,1H3. The third-order valence-electron chi connectivity index (χ3n) is 2.95. The smallest absolute Gasteiger partial charge is 0.179 e. The lowest BCUT2D eigenvalue weighted by Crippen LogP contribution is -2.23. The van der Waals surface area contributed by atoms with Crippen molar-refractivity contribution in [3.8, 4) is 0 Å². The van der Waals surface area contributed by atoms with Crippen molar-refractivity contribution in [3.63, 3.8) is 0 Å². The average Bonchev–Trinajstić information content (AvgIpc) is 2.76. The van der Waals surface area contributed by atoms with Crippen molar-refractivity contribution in [1.82, 2.24) is 4.98 Å². The Balaban J connectivity index is 2.34. The predicted molar refractivity (Wildman–Crippen MR) is 68.4 cm³/mol. The highest BCUT2D eigenvalue weighted by atomic mass is 35.5. The van der Waals surface area contributed by atoms with Crippen LogP contribution in [-0.4, -0.2) is 38.6 Å². The number of hydrogen-bond acceptors (Lipinski definition) is 4. The summed E-state index contributed by atoms with van der Waals surface area (Å²) in [5.41, 5.74) is 0. The highest BCUT2D eigenvalue weighted by Gasteiger charge is 2.26. The van der Waals surface area contributed by atoms with Gasteiger partial charge >= 0.3 is 0 Å². The van der Waals surface area contributed by atoms with Crippen LogP contribution in [0.4, 0.5) is 5.82 Å². The number of halogens is 1. The minimum absolute atomic E-state index is 0.301. The van der Waals surface area contributed by atoms with Crippen LogP contribution in [0, 0.1) is 5.92 Å². The van der Waals surface area contributed by atoms with Gasteiger partial charge in [0.25, 0.3) is 0 Å². The Bertz CT molecular complexity index is 504. The van der Waals surface area contributed by atoms with Crippen LogP contribution in [0.2, 0.25) is 0 Å². The summed E-state index contributed by atoms with van der Waals surface area (Å²) < 4.78 is 23.3. The largest absolute Gasteiger partial charge is 0.355 e. The van der Waals surface area contributed by atoms with Gasteiger partial charge in [0.2, 0.25) is 0 Å². The van der Waals surface area contributed by atoms with Gasteiger partial charge in [-0.2, -0.15) is 0 Å². The lowest BCUT2D eigenvalue weighted by Gasteiger charge is -2.19. The Kier molecular flexibility index (Phi) is 3.58. The molecule has 1 aromatic rings. The monoisotopic (exact) mass is 274 g/mol. The van der Waals surface area contributed by atoms with Crippen molar-refractivity contribution in [1.29, 1.82) is 0 Å². The van der Waals surface area contributed by atoms with E-state index in [0.29, 0.717) is 22.5 Å². The van der Waals surface area contributed by atoms with Crippen molar-refractivity contribution in [2.45, 2.75) is 11.3 Å². The second-order valence-corrected chi connectivity index (χ2v) is 6.65. The van der Waals surface area contributed by atoms with Gasteiger partial charge in [0, 0.05) is 31.4 Å². The molecule has 17 heavy (non-hydrogen) atoms. The first-order chi connectivity index (χ1) is 8.02. The molecule has 0 N–H and O–H groups in total. The van der Waals surface area contributed by atoms with Gasteiger partial charge < -0.3 is 4.90 Å². The molecule has 1 aliphatic rings. The second kappa shape index (κ2) is 4.82. The quantitative estimate of drug-likeness (QED) is 0.785. The van der Waals surface area contributed by atoms with E-state index in [-0.39, 0.29) is 0 Å². The third kappa shape index (κ3) is 2.72. The van der Waals surface area contributed by atoms with E-state index in [1.807, 2.05) is 4.90 Å². The summed E-state index contributed by atoms with van der Waals surface area (Å²) in [5.74, 6) is 1.59. The Hall–Kier alpha value is -0.810. The molecule has 0 radical (unpaired) electrons. The molecular weight excluding hydrogens is 260 g/mol. The Morgan fingerprint density at radius 2 is 2.35 bits per heavy atom. The molecule has 94 valence electrons. The zero-order valence-corrected chi connectivity index (χ0v) is 11.2. The van der Waals surface area contributed by atoms with Crippen molar-refractivity contribution in [2.75, 3.05) is 30.1 Å².